The molecule has 0 radical (unpaired) electrons. The first-order chi connectivity index (χ1) is 7.58. The summed E-state index contributed by atoms with van der Waals surface area (Å²) in [5.74, 6) is 0. The first kappa shape index (κ1) is 10.9. The quantitative estimate of drug-likeness (QED) is 0.676. The predicted octanol–water partition coefficient (Wildman–Crippen LogP) is 3.49. The minimum atomic E-state index is -0.462. The molecule has 0 unspecified atom stereocenters. The summed E-state index contributed by atoms with van der Waals surface area (Å²) in [6.45, 7) is 1.90. The number of aryl methyl sites for hydroxylation is 1. The summed E-state index contributed by atoms with van der Waals surface area (Å²) < 4.78 is 0.953. The zero-order valence-electron chi connectivity index (χ0n) is 8.53. The van der Waals surface area contributed by atoms with Gasteiger partial charge in [0.25, 0.3) is 0 Å². The smallest absolute Gasteiger partial charge is 0.235 e. The van der Waals surface area contributed by atoms with Crippen LogP contribution in [0.15, 0.2) is 28.9 Å². The fourth-order valence-electron chi connectivity index (χ4n) is 1.67. The lowest BCUT2D eigenvalue weighted by Gasteiger charge is -1.93. The Kier molecular flexibility index (Phi) is 2.78. The summed E-state index contributed by atoms with van der Waals surface area (Å²) in [4.78, 5) is 13.0. The molecular weight excluding hydrogens is 272 g/mol. The summed E-state index contributed by atoms with van der Waals surface area (Å²) in [6.07, 6.45) is 2.47. The third kappa shape index (κ3) is 1.99. The Balaban J connectivity index is 2.62. The number of rotatable bonds is 2. The van der Waals surface area contributed by atoms with Gasteiger partial charge in [0.05, 0.1) is 4.92 Å². The van der Waals surface area contributed by atoms with E-state index >= 15 is 0 Å². The van der Waals surface area contributed by atoms with Crippen LogP contribution in [-0.2, 0) is 0 Å². The number of benzene rings is 1. The number of aromatic nitrogens is 1. The molecule has 0 aliphatic heterocycles. The van der Waals surface area contributed by atoms with Gasteiger partial charge in [-0.25, -0.2) is 0 Å². The largest absolute Gasteiger partial charge is 0.358 e. The van der Waals surface area contributed by atoms with E-state index in [4.69, 9.17) is 0 Å². The molecule has 2 rings (SSSR count). The zero-order chi connectivity index (χ0) is 11.7. The van der Waals surface area contributed by atoms with Gasteiger partial charge in [0, 0.05) is 32.7 Å². The fourth-order valence-corrected chi connectivity index (χ4v) is 2.03. The maximum Gasteiger partial charge on any atom is 0.235 e. The molecule has 0 aliphatic rings. The molecule has 0 bridgehead atoms. The van der Waals surface area contributed by atoms with E-state index in [1.807, 2.05) is 25.1 Å². The van der Waals surface area contributed by atoms with Gasteiger partial charge in [-0.2, -0.15) is 0 Å². The molecule has 1 heterocycles. The van der Waals surface area contributed by atoms with Gasteiger partial charge in [0.15, 0.2) is 0 Å². The van der Waals surface area contributed by atoms with Gasteiger partial charge in [-0.05, 0) is 25.1 Å². The number of fused-ring (bicyclic) bond motifs is 1. The van der Waals surface area contributed by atoms with Crippen LogP contribution >= 0.6 is 15.9 Å². The number of aromatic amines is 1. The van der Waals surface area contributed by atoms with E-state index in [9.17, 15) is 10.1 Å². The summed E-state index contributed by atoms with van der Waals surface area (Å²) in [6, 6.07) is 5.81. The van der Waals surface area contributed by atoms with Gasteiger partial charge in [-0.1, -0.05) is 15.9 Å². The van der Waals surface area contributed by atoms with Crippen LogP contribution in [-0.4, -0.2) is 9.91 Å². The first-order valence-electron chi connectivity index (χ1n) is 4.67. The monoisotopic (exact) mass is 280 g/mol. The third-order valence-electron chi connectivity index (χ3n) is 2.36. The van der Waals surface area contributed by atoms with Gasteiger partial charge in [-0.15, -0.1) is 0 Å². The SMILES string of the molecule is Cc1[nH]c2ccc(Br)cc2c1/C=C/[N+](=O)[O-]. The van der Waals surface area contributed by atoms with Crippen LogP contribution < -0.4 is 0 Å². The second-order valence-electron chi connectivity index (χ2n) is 3.45. The van der Waals surface area contributed by atoms with E-state index in [0.29, 0.717) is 0 Å². The highest BCUT2D eigenvalue weighted by Crippen LogP contribution is 2.26. The van der Waals surface area contributed by atoms with Crippen molar-refractivity contribution < 1.29 is 4.92 Å². The standard InChI is InChI=1S/C11H9BrN2O2/c1-7-9(4-5-14(15)16)10-6-8(12)2-3-11(10)13-7/h2-6,13H,1H3/b5-4+. The fraction of sp³-hybridized carbons (Fsp3) is 0.0909. The lowest BCUT2D eigenvalue weighted by atomic mass is 10.1. The van der Waals surface area contributed by atoms with Gasteiger partial charge in [-0.3, -0.25) is 10.1 Å². The minimum Gasteiger partial charge on any atom is -0.358 e. The van der Waals surface area contributed by atoms with Gasteiger partial charge >= 0.3 is 0 Å². The van der Waals surface area contributed by atoms with Crippen LogP contribution in [0.2, 0.25) is 0 Å². The highest BCUT2D eigenvalue weighted by molar-refractivity contribution is 9.10. The van der Waals surface area contributed by atoms with Crippen molar-refractivity contribution in [1.82, 2.24) is 4.98 Å². The van der Waals surface area contributed by atoms with E-state index in [1.165, 1.54) is 6.08 Å². The Morgan fingerprint density at radius 3 is 2.94 bits per heavy atom. The number of nitrogens with zero attached hydrogens (tertiary/aromatic N) is 1. The lowest BCUT2D eigenvalue weighted by molar-refractivity contribution is -0.400. The Morgan fingerprint density at radius 1 is 1.50 bits per heavy atom. The summed E-state index contributed by atoms with van der Waals surface area (Å²) in [5.41, 5.74) is 2.75. The van der Waals surface area contributed by atoms with Crippen molar-refractivity contribution in [1.29, 1.82) is 0 Å². The molecule has 1 N–H and O–H groups in total. The molecule has 0 spiro atoms. The molecule has 82 valence electrons. The van der Waals surface area contributed by atoms with Crippen molar-refractivity contribution >= 4 is 32.9 Å². The Labute approximate surface area is 100 Å². The van der Waals surface area contributed by atoms with Gasteiger partial charge in [0.1, 0.15) is 0 Å². The number of H-pyrrole nitrogens is 1. The number of hydrogen-bond acceptors (Lipinski definition) is 2. The minimum absolute atomic E-state index is 0.462. The Bertz CT molecular complexity index is 587. The van der Waals surface area contributed by atoms with Crippen molar-refractivity contribution in [2.45, 2.75) is 6.92 Å². The average Bonchev–Trinajstić information content (AvgIpc) is 2.51. The molecule has 16 heavy (non-hydrogen) atoms. The molecule has 5 heteroatoms. The lowest BCUT2D eigenvalue weighted by Crippen LogP contribution is -1.83. The number of nitro groups is 1. The summed E-state index contributed by atoms with van der Waals surface area (Å²) in [7, 11) is 0. The van der Waals surface area contributed by atoms with Crippen LogP contribution in [0, 0.1) is 17.0 Å². The van der Waals surface area contributed by atoms with Crippen LogP contribution in [0.25, 0.3) is 17.0 Å². The predicted molar refractivity (Wildman–Crippen MR) is 66.8 cm³/mol. The third-order valence-corrected chi connectivity index (χ3v) is 2.85. The Hall–Kier alpha value is -1.62. The molecule has 4 nitrogen and oxygen atoms in total. The average molecular weight is 281 g/mol. The molecule has 0 amide bonds. The second-order valence-corrected chi connectivity index (χ2v) is 4.37. The van der Waals surface area contributed by atoms with Crippen LogP contribution in [0.5, 0.6) is 0 Å². The summed E-state index contributed by atoms with van der Waals surface area (Å²) >= 11 is 3.38. The van der Waals surface area contributed by atoms with Gasteiger partial charge in [0.2, 0.25) is 6.20 Å². The topological polar surface area (TPSA) is 58.9 Å². The molecular formula is C11H9BrN2O2. The van der Waals surface area contributed by atoms with Crippen molar-refractivity contribution in [3.63, 3.8) is 0 Å². The molecule has 0 fully saturated rings. The number of halogens is 1. The van der Waals surface area contributed by atoms with Crippen molar-refractivity contribution in [3.05, 3.63) is 50.2 Å². The van der Waals surface area contributed by atoms with Crippen LogP contribution in [0.3, 0.4) is 0 Å². The van der Waals surface area contributed by atoms with Crippen molar-refractivity contribution in [3.8, 4) is 0 Å². The molecule has 0 saturated carbocycles. The molecule has 0 atom stereocenters. The second kappa shape index (κ2) is 4.09. The summed E-state index contributed by atoms with van der Waals surface area (Å²) in [5, 5.41) is 11.3. The normalized spacial score (nSPS) is 11.4. The van der Waals surface area contributed by atoms with Crippen molar-refractivity contribution in [2.75, 3.05) is 0 Å². The number of hydrogen-bond donors (Lipinski definition) is 1. The maximum absolute atomic E-state index is 10.3. The van der Waals surface area contributed by atoms with E-state index in [1.54, 1.807) is 0 Å². The van der Waals surface area contributed by atoms with E-state index in [0.717, 1.165) is 32.8 Å². The molecule has 0 saturated heterocycles. The number of nitrogens with one attached hydrogen (secondary N) is 1. The molecule has 0 aliphatic carbocycles. The van der Waals surface area contributed by atoms with Crippen molar-refractivity contribution in [2.24, 2.45) is 0 Å². The maximum atomic E-state index is 10.3. The molecule has 2 aromatic rings. The van der Waals surface area contributed by atoms with E-state index in [-0.39, 0.29) is 0 Å². The molecule has 1 aromatic heterocycles. The highest BCUT2D eigenvalue weighted by atomic mass is 79.9. The van der Waals surface area contributed by atoms with E-state index in [2.05, 4.69) is 20.9 Å². The van der Waals surface area contributed by atoms with E-state index < -0.39 is 4.92 Å². The van der Waals surface area contributed by atoms with Gasteiger partial charge < -0.3 is 4.98 Å². The highest BCUT2D eigenvalue weighted by Gasteiger charge is 2.06. The first-order valence-corrected chi connectivity index (χ1v) is 5.47. The Morgan fingerprint density at radius 2 is 2.25 bits per heavy atom. The zero-order valence-corrected chi connectivity index (χ0v) is 10.1. The van der Waals surface area contributed by atoms with Crippen LogP contribution in [0.1, 0.15) is 11.3 Å². The van der Waals surface area contributed by atoms with Crippen LogP contribution in [0.4, 0.5) is 0 Å². The molecule has 1 aromatic carbocycles.